The van der Waals surface area contributed by atoms with Crippen LogP contribution in [0.15, 0.2) is 24.3 Å². The van der Waals surface area contributed by atoms with Crippen molar-refractivity contribution in [2.45, 2.75) is 20.3 Å². The second-order valence-electron chi connectivity index (χ2n) is 6.58. The van der Waals surface area contributed by atoms with Gasteiger partial charge in [0.2, 0.25) is 15.9 Å². The van der Waals surface area contributed by atoms with E-state index in [-0.39, 0.29) is 0 Å². The number of carbonyl (C=O) groups is 1. The van der Waals surface area contributed by atoms with E-state index in [1.807, 2.05) is 25.1 Å². The van der Waals surface area contributed by atoms with Crippen molar-refractivity contribution in [2.75, 3.05) is 56.5 Å². The first-order valence-corrected chi connectivity index (χ1v) is 10.8. The molecule has 2 N–H and O–H groups in total. The fraction of sp³-hybridized carbons (Fsp3) is 0.611. The smallest absolute Gasteiger partial charge is 0.236 e. The molecule has 8 heteroatoms. The zero-order chi connectivity index (χ0) is 19.0. The number of hydrogen-bond acceptors (Lipinski definition) is 5. The lowest BCUT2D eigenvalue weighted by Gasteiger charge is -2.35. The summed E-state index contributed by atoms with van der Waals surface area (Å²) in [7, 11) is -3.57. The number of anilines is 1. The first kappa shape index (κ1) is 20.7. The van der Waals surface area contributed by atoms with E-state index >= 15 is 0 Å². The van der Waals surface area contributed by atoms with Crippen molar-refractivity contribution in [3.63, 3.8) is 0 Å². The molecule has 0 spiro atoms. The molecule has 26 heavy (non-hydrogen) atoms. The van der Waals surface area contributed by atoms with Gasteiger partial charge in [-0.15, -0.1) is 0 Å². The van der Waals surface area contributed by atoms with E-state index in [1.165, 1.54) is 9.87 Å². The van der Waals surface area contributed by atoms with E-state index in [0.29, 0.717) is 39.3 Å². The molecule has 146 valence electrons. The number of rotatable bonds is 9. The van der Waals surface area contributed by atoms with Gasteiger partial charge in [-0.1, -0.05) is 19.1 Å². The number of piperazine rings is 1. The number of amides is 1. The van der Waals surface area contributed by atoms with Crippen LogP contribution in [0.2, 0.25) is 0 Å². The summed E-state index contributed by atoms with van der Waals surface area (Å²) < 4.78 is 26.3. The van der Waals surface area contributed by atoms with Crippen LogP contribution in [0.1, 0.15) is 18.9 Å². The van der Waals surface area contributed by atoms with Crippen molar-refractivity contribution in [2.24, 2.45) is 0 Å². The predicted molar refractivity (Wildman–Crippen MR) is 105 cm³/mol. The van der Waals surface area contributed by atoms with E-state index < -0.39 is 21.7 Å². The molecular weight excluding hydrogens is 352 g/mol. The highest BCUT2D eigenvalue weighted by molar-refractivity contribution is 7.89. The molecule has 1 aliphatic rings. The number of sulfonamides is 1. The van der Waals surface area contributed by atoms with Crippen LogP contribution in [0.25, 0.3) is 0 Å². The van der Waals surface area contributed by atoms with Gasteiger partial charge in [0, 0.05) is 45.0 Å². The van der Waals surface area contributed by atoms with Gasteiger partial charge in [-0.3, -0.25) is 4.79 Å². The molecule has 1 aliphatic heterocycles. The Balaban J connectivity index is 1.79. The lowest BCUT2D eigenvalue weighted by atomic mass is 10.2. The number of hydrogen-bond donors (Lipinski definition) is 2. The number of nitrogens with zero attached hydrogens (tertiary/aromatic N) is 2. The molecule has 1 fully saturated rings. The Hall–Kier alpha value is -1.64. The highest BCUT2D eigenvalue weighted by Gasteiger charge is 2.29. The summed E-state index contributed by atoms with van der Waals surface area (Å²) in [4.78, 5) is 14.1. The minimum atomic E-state index is -3.57. The van der Waals surface area contributed by atoms with Crippen molar-refractivity contribution in [3.05, 3.63) is 29.8 Å². The van der Waals surface area contributed by atoms with Gasteiger partial charge in [0.05, 0.1) is 0 Å². The van der Waals surface area contributed by atoms with Crippen LogP contribution < -0.4 is 15.5 Å². The molecule has 0 saturated carbocycles. The third-order valence-corrected chi connectivity index (χ3v) is 6.14. The first-order valence-electron chi connectivity index (χ1n) is 9.19. The van der Waals surface area contributed by atoms with E-state index in [1.54, 1.807) is 0 Å². The van der Waals surface area contributed by atoms with Crippen molar-refractivity contribution in [1.82, 2.24) is 14.9 Å². The maximum atomic E-state index is 12.5. The Kier molecular flexibility index (Phi) is 7.86. The summed E-state index contributed by atoms with van der Waals surface area (Å²) in [6.07, 6.45) is 1.02. The van der Waals surface area contributed by atoms with Crippen LogP contribution >= 0.6 is 0 Å². The minimum absolute atomic E-state index is 0.404. The molecule has 0 atom stereocenters. The molecule has 0 aliphatic carbocycles. The summed E-state index contributed by atoms with van der Waals surface area (Å²) in [6.45, 7) is 8.15. The first-order chi connectivity index (χ1) is 12.4. The largest absolute Gasteiger partial charge is 0.369 e. The summed E-state index contributed by atoms with van der Waals surface area (Å²) in [5, 5.41) is 5.82. The molecule has 1 saturated heterocycles. The quantitative estimate of drug-likeness (QED) is 0.610. The van der Waals surface area contributed by atoms with Gasteiger partial charge >= 0.3 is 0 Å². The van der Waals surface area contributed by atoms with Crippen molar-refractivity contribution >= 4 is 21.6 Å². The fourth-order valence-corrected chi connectivity index (χ4v) is 4.28. The SMILES string of the molecule is CCCNCCNC(=O)CS(=O)(=O)N1CCN(c2cccc(C)c2)CC1. The standard InChI is InChI=1S/C18H30N4O3S/c1-3-7-19-8-9-20-18(23)15-26(24,25)22-12-10-21(11-13-22)17-6-4-5-16(2)14-17/h4-6,14,19H,3,7-13,15H2,1-2H3,(H,20,23). The van der Waals surface area contributed by atoms with Gasteiger partial charge in [-0.2, -0.15) is 4.31 Å². The third kappa shape index (κ3) is 6.26. The number of carbonyl (C=O) groups excluding carboxylic acids is 1. The van der Waals surface area contributed by atoms with Gasteiger partial charge in [0.25, 0.3) is 0 Å². The molecule has 0 aromatic heterocycles. The molecule has 1 heterocycles. The van der Waals surface area contributed by atoms with Gasteiger partial charge in [-0.05, 0) is 37.6 Å². The van der Waals surface area contributed by atoms with E-state index in [9.17, 15) is 13.2 Å². The fourth-order valence-electron chi connectivity index (χ4n) is 2.95. The maximum absolute atomic E-state index is 12.5. The topological polar surface area (TPSA) is 81.7 Å². The van der Waals surface area contributed by atoms with Crippen LogP contribution in [0.4, 0.5) is 5.69 Å². The van der Waals surface area contributed by atoms with Crippen molar-refractivity contribution in [1.29, 1.82) is 0 Å². The van der Waals surface area contributed by atoms with Gasteiger partial charge in [0.1, 0.15) is 5.75 Å². The lowest BCUT2D eigenvalue weighted by Crippen LogP contribution is -2.50. The summed E-state index contributed by atoms with van der Waals surface area (Å²) in [5.74, 6) is -0.921. The number of benzene rings is 1. The second kappa shape index (κ2) is 9.89. The van der Waals surface area contributed by atoms with Crippen LogP contribution in [0.3, 0.4) is 0 Å². The molecule has 7 nitrogen and oxygen atoms in total. The van der Waals surface area contributed by atoms with Crippen LogP contribution in [0.5, 0.6) is 0 Å². The number of nitrogens with one attached hydrogen (secondary N) is 2. The van der Waals surface area contributed by atoms with Crippen molar-refractivity contribution < 1.29 is 13.2 Å². The van der Waals surface area contributed by atoms with E-state index in [2.05, 4.69) is 28.5 Å². The normalized spacial score (nSPS) is 15.8. The van der Waals surface area contributed by atoms with Gasteiger partial charge < -0.3 is 15.5 Å². The summed E-state index contributed by atoms with van der Waals surface area (Å²) in [6, 6.07) is 8.19. The van der Waals surface area contributed by atoms with Crippen LogP contribution in [0, 0.1) is 6.92 Å². The van der Waals surface area contributed by atoms with Gasteiger partial charge in [-0.25, -0.2) is 8.42 Å². The average molecular weight is 383 g/mol. The van der Waals surface area contributed by atoms with E-state index in [0.717, 1.165) is 18.7 Å². The summed E-state index contributed by atoms with van der Waals surface area (Å²) in [5.41, 5.74) is 2.29. The molecule has 2 rings (SSSR count). The minimum Gasteiger partial charge on any atom is -0.369 e. The van der Waals surface area contributed by atoms with Gasteiger partial charge in [0.15, 0.2) is 0 Å². The molecule has 0 bridgehead atoms. The highest BCUT2D eigenvalue weighted by atomic mass is 32.2. The Morgan fingerprint density at radius 1 is 1.12 bits per heavy atom. The zero-order valence-corrected chi connectivity index (χ0v) is 16.5. The Morgan fingerprint density at radius 3 is 2.50 bits per heavy atom. The highest BCUT2D eigenvalue weighted by Crippen LogP contribution is 2.18. The monoisotopic (exact) mass is 382 g/mol. The average Bonchev–Trinajstić information content (AvgIpc) is 2.61. The molecule has 1 aromatic rings. The van der Waals surface area contributed by atoms with Crippen molar-refractivity contribution in [3.8, 4) is 0 Å². The molecule has 0 unspecified atom stereocenters. The predicted octanol–water partition coefficient (Wildman–Crippen LogP) is 0.563. The Labute approximate surface area is 156 Å². The molecule has 0 radical (unpaired) electrons. The second-order valence-corrected chi connectivity index (χ2v) is 8.55. The summed E-state index contributed by atoms with van der Waals surface area (Å²) >= 11 is 0. The Bertz CT molecular complexity index is 685. The van der Waals surface area contributed by atoms with Crippen LogP contribution in [-0.4, -0.2) is 70.2 Å². The number of aryl methyl sites for hydroxylation is 1. The van der Waals surface area contributed by atoms with Crippen LogP contribution in [-0.2, 0) is 14.8 Å². The third-order valence-electron chi connectivity index (χ3n) is 4.36. The maximum Gasteiger partial charge on any atom is 0.236 e. The molecule has 1 aromatic carbocycles. The van der Waals surface area contributed by atoms with E-state index in [4.69, 9.17) is 0 Å². The molecule has 1 amide bonds. The zero-order valence-electron chi connectivity index (χ0n) is 15.7. The molecular formula is C18H30N4O3S. The Morgan fingerprint density at radius 2 is 1.85 bits per heavy atom. The lowest BCUT2D eigenvalue weighted by molar-refractivity contribution is -0.118.